The molecule has 4 rings (SSSR count). The lowest BCUT2D eigenvalue weighted by Gasteiger charge is -2.43. The Hall–Kier alpha value is -3.28. The molecule has 0 N–H and O–H groups in total. The summed E-state index contributed by atoms with van der Waals surface area (Å²) in [5.74, 6) is -1.97. The van der Waals surface area contributed by atoms with Crippen molar-refractivity contribution in [2.24, 2.45) is 0 Å². The first-order chi connectivity index (χ1) is 18.0. The van der Waals surface area contributed by atoms with E-state index in [1.54, 1.807) is 91.0 Å². The molecule has 0 unspecified atom stereocenters. The van der Waals surface area contributed by atoms with Gasteiger partial charge in [0.25, 0.3) is 0 Å². The summed E-state index contributed by atoms with van der Waals surface area (Å²) in [7, 11) is 1.39. The summed E-state index contributed by atoms with van der Waals surface area (Å²) in [4.78, 5) is 39.1. The first kappa shape index (κ1) is 26.8. The van der Waals surface area contributed by atoms with Gasteiger partial charge in [-0.05, 0) is 36.4 Å². The summed E-state index contributed by atoms with van der Waals surface area (Å²) in [6.45, 7) is 0. The second kappa shape index (κ2) is 12.8. The second-order valence-corrected chi connectivity index (χ2v) is 9.02. The molecule has 192 valence electrons. The van der Waals surface area contributed by atoms with Crippen LogP contribution in [0.5, 0.6) is 0 Å². The molecule has 0 spiro atoms. The number of methoxy groups -OCH3 is 1. The van der Waals surface area contributed by atoms with Crippen LogP contribution in [-0.4, -0.2) is 60.2 Å². The molecule has 0 aromatic heterocycles. The van der Waals surface area contributed by atoms with E-state index < -0.39 is 48.6 Å². The molecule has 0 bridgehead atoms. The molecular formula is C28H25IO8. The number of halogens is 1. The summed E-state index contributed by atoms with van der Waals surface area (Å²) >= 11 is 2.09. The molecule has 0 radical (unpaired) electrons. The van der Waals surface area contributed by atoms with Crippen molar-refractivity contribution in [2.45, 2.75) is 30.7 Å². The van der Waals surface area contributed by atoms with Crippen molar-refractivity contribution in [3.05, 3.63) is 108 Å². The van der Waals surface area contributed by atoms with Crippen LogP contribution in [0.15, 0.2) is 91.0 Å². The molecule has 1 saturated heterocycles. The van der Waals surface area contributed by atoms with Crippen LogP contribution in [0.2, 0.25) is 0 Å². The fraction of sp³-hybridized carbons (Fsp3) is 0.250. The van der Waals surface area contributed by atoms with E-state index in [-0.39, 0.29) is 5.56 Å². The first-order valence-corrected chi connectivity index (χ1v) is 13.1. The molecule has 5 atom stereocenters. The monoisotopic (exact) mass is 616 g/mol. The number of alkyl halides is 1. The fourth-order valence-corrected chi connectivity index (χ4v) is 4.60. The molecule has 3 aromatic rings. The quantitative estimate of drug-likeness (QED) is 0.158. The predicted octanol–water partition coefficient (Wildman–Crippen LogP) is 4.47. The van der Waals surface area contributed by atoms with E-state index in [0.29, 0.717) is 15.6 Å². The minimum absolute atomic E-state index is 0.287. The van der Waals surface area contributed by atoms with Gasteiger partial charge < -0.3 is 23.7 Å². The number of carbonyl (C=O) groups is 3. The van der Waals surface area contributed by atoms with Crippen LogP contribution in [0.25, 0.3) is 0 Å². The van der Waals surface area contributed by atoms with Crippen LogP contribution in [0.1, 0.15) is 31.1 Å². The van der Waals surface area contributed by atoms with Crippen LogP contribution >= 0.6 is 22.6 Å². The molecule has 1 heterocycles. The van der Waals surface area contributed by atoms with Crippen molar-refractivity contribution in [1.29, 1.82) is 0 Å². The Morgan fingerprint density at radius 1 is 0.649 bits per heavy atom. The van der Waals surface area contributed by atoms with Crippen molar-refractivity contribution >= 4 is 40.5 Å². The molecule has 9 heteroatoms. The standard InChI is InChI=1S/C28H25IO8/c1-33-28-24(37-27(32)20-15-9-4-10-16-20)23(36-26(31)19-13-7-3-8-14-19)22(21(17-29)34-28)35-25(30)18-11-5-2-6-12-18/h2-16,21-24,28H,17H2,1H3/t21-,22-,23-,24+,28-/m1/s1. The van der Waals surface area contributed by atoms with Crippen LogP contribution in [0, 0.1) is 0 Å². The lowest BCUT2D eigenvalue weighted by Crippen LogP contribution is -2.62. The van der Waals surface area contributed by atoms with Crippen molar-refractivity contribution in [1.82, 2.24) is 0 Å². The summed E-state index contributed by atoms with van der Waals surface area (Å²) in [5, 5.41) is 0. The summed E-state index contributed by atoms with van der Waals surface area (Å²) in [5.41, 5.74) is 0.893. The van der Waals surface area contributed by atoms with E-state index in [4.69, 9.17) is 23.7 Å². The maximum Gasteiger partial charge on any atom is 0.338 e. The average molecular weight is 616 g/mol. The van der Waals surface area contributed by atoms with Gasteiger partial charge in [0.1, 0.15) is 6.10 Å². The van der Waals surface area contributed by atoms with E-state index in [9.17, 15) is 14.4 Å². The smallest absolute Gasteiger partial charge is 0.338 e. The van der Waals surface area contributed by atoms with Gasteiger partial charge in [0, 0.05) is 11.5 Å². The Balaban J connectivity index is 1.69. The van der Waals surface area contributed by atoms with Gasteiger partial charge >= 0.3 is 17.9 Å². The molecule has 8 nitrogen and oxygen atoms in total. The maximum atomic E-state index is 13.1. The Bertz CT molecular complexity index is 1120. The Morgan fingerprint density at radius 3 is 1.41 bits per heavy atom. The zero-order valence-corrected chi connectivity index (χ0v) is 22.1. The van der Waals surface area contributed by atoms with Crippen LogP contribution < -0.4 is 0 Å². The average Bonchev–Trinajstić information content (AvgIpc) is 2.95. The normalized spacial score (nSPS) is 23.0. The van der Waals surface area contributed by atoms with Gasteiger partial charge in [-0.15, -0.1) is 0 Å². The molecule has 0 saturated carbocycles. The molecule has 0 aliphatic carbocycles. The van der Waals surface area contributed by atoms with E-state index in [1.165, 1.54) is 7.11 Å². The summed E-state index contributed by atoms with van der Waals surface area (Å²) < 4.78 is 29.4. The fourth-order valence-electron chi connectivity index (χ4n) is 3.89. The highest BCUT2D eigenvalue weighted by atomic mass is 127. The third kappa shape index (κ3) is 6.54. The minimum atomic E-state index is -1.22. The van der Waals surface area contributed by atoms with Gasteiger partial charge in [0.15, 0.2) is 24.6 Å². The SMILES string of the molecule is CO[C@@H]1O[C@H](CI)[C@@H](OC(=O)c2ccccc2)[C@@H](OC(=O)c2ccccc2)[C@@H]1OC(=O)c1ccccc1. The number of rotatable bonds is 8. The summed E-state index contributed by atoms with van der Waals surface area (Å²) in [6, 6.07) is 25.2. The second-order valence-electron chi connectivity index (χ2n) is 8.14. The van der Waals surface area contributed by atoms with Crippen molar-refractivity contribution in [3.63, 3.8) is 0 Å². The van der Waals surface area contributed by atoms with Gasteiger partial charge in [-0.3, -0.25) is 0 Å². The van der Waals surface area contributed by atoms with Gasteiger partial charge in [0.05, 0.1) is 16.7 Å². The third-order valence-corrected chi connectivity index (χ3v) is 6.60. The van der Waals surface area contributed by atoms with Crippen molar-refractivity contribution in [3.8, 4) is 0 Å². The molecule has 1 aliphatic rings. The highest BCUT2D eigenvalue weighted by Crippen LogP contribution is 2.31. The maximum absolute atomic E-state index is 13.1. The van der Waals surface area contributed by atoms with Gasteiger partial charge in [-0.25, -0.2) is 14.4 Å². The first-order valence-electron chi connectivity index (χ1n) is 11.5. The molecule has 1 aliphatic heterocycles. The largest absolute Gasteiger partial charge is 0.452 e. The zero-order valence-electron chi connectivity index (χ0n) is 19.9. The zero-order chi connectivity index (χ0) is 26.2. The lowest BCUT2D eigenvalue weighted by molar-refractivity contribution is -0.282. The van der Waals surface area contributed by atoms with Crippen LogP contribution in [-0.2, 0) is 23.7 Å². The van der Waals surface area contributed by atoms with Gasteiger partial charge in [0.2, 0.25) is 0 Å². The third-order valence-electron chi connectivity index (χ3n) is 5.73. The number of hydrogen-bond donors (Lipinski definition) is 0. The number of ether oxygens (including phenoxy) is 5. The number of carbonyl (C=O) groups excluding carboxylic acids is 3. The molecule has 1 fully saturated rings. The molecular weight excluding hydrogens is 591 g/mol. The molecule has 0 amide bonds. The van der Waals surface area contributed by atoms with Crippen molar-refractivity contribution in [2.75, 3.05) is 11.5 Å². The highest BCUT2D eigenvalue weighted by Gasteiger charge is 2.52. The Labute approximate surface area is 228 Å². The summed E-state index contributed by atoms with van der Waals surface area (Å²) in [6.07, 6.45) is -5.31. The van der Waals surface area contributed by atoms with Gasteiger partial charge in [-0.2, -0.15) is 0 Å². The van der Waals surface area contributed by atoms with E-state index in [0.717, 1.165) is 0 Å². The predicted molar refractivity (Wildman–Crippen MR) is 141 cm³/mol. The van der Waals surface area contributed by atoms with Crippen molar-refractivity contribution < 1.29 is 38.1 Å². The van der Waals surface area contributed by atoms with E-state index >= 15 is 0 Å². The topological polar surface area (TPSA) is 97.4 Å². The van der Waals surface area contributed by atoms with E-state index in [1.807, 2.05) is 0 Å². The molecule has 3 aromatic carbocycles. The minimum Gasteiger partial charge on any atom is -0.452 e. The number of hydrogen-bond acceptors (Lipinski definition) is 8. The van der Waals surface area contributed by atoms with Gasteiger partial charge in [-0.1, -0.05) is 77.2 Å². The number of esters is 3. The molecule has 37 heavy (non-hydrogen) atoms. The Kier molecular flexibility index (Phi) is 9.26. The lowest BCUT2D eigenvalue weighted by atomic mass is 9.98. The van der Waals surface area contributed by atoms with Crippen LogP contribution in [0.3, 0.4) is 0 Å². The number of benzene rings is 3. The van der Waals surface area contributed by atoms with E-state index in [2.05, 4.69) is 22.6 Å². The highest BCUT2D eigenvalue weighted by molar-refractivity contribution is 14.1. The van der Waals surface area contributed by atoms with Crippen LogP contribution in [0.4, 0.5) is 0 Å². The Morgan fingerprint density at radius 2 is 1.03 bits per heavy atom.